The Morgan fingerprint density at radius 3 is 2.55 bits per heavy atom. The van der Waals surface area contributed by atoms with Crippen molar-refractivity contribution in [2.45, 2.75) is 6.61 Å². The maximum atomic E-state index is 12.1. The number of benzene rings is 1. The van der Waals surface area contributed by atoms with Gasteiger partial charge in [-0.05, 0) is 30.3 Å². The molecule has 0 aliphatic rings. The molecule has 1 aromatic carbocycles. The summed E-state index contributed by atoms with van der Waals surface area (Å²) in [7, 11) is 0. The summed E-state index contributed by atoms with van der Waals surface area (Å²) in [5.41, 5.74) is 0.367. The van der Waals surface area contributed by atoms with E-state index < -0.39 is 6.61 Å². The molecule has 0 saturated heterocycles. The van der Waals surface area contributed by atoms with Crippen molar-refractivity contribution in [1.82, 2.24) is 0 Å². The van der Waals surface area contributed by atoms with Gasteiger partial charge in [0, 0.05) is 5.69 Å². The summed E-state index contributed by atoms with van der Waals surface area (Å²) in [5.74, 6) is -0.515. The van der Waals surface area contributed by atoms with Gasteiger partial charge in [-0.1, -0.05) is 23.2 Å². The van der Waals surface area contributed by atoms with Crippen molar-refractivity contribution in [2.24, 2.45) is 0 Å². The molecule has 0 radical (unpaired) electrons. The first-order valence-corrected chi connectivity index (χ1v) is 6.84. The van der Waals surface area contributed by atoms with Crippen LogP contribution in [-0.2, 0) is 0 Å². The van der Waals surface area contributed by atoms with E-state index in [0.717, 1.165) is 11.3 Å². The molecule has 3 nitrogen and oxygen atoms in total. The number of hydrogen-bond acceptors (Lipinski definition) is 3. The Balaban J connectivity index is 2.10. The van der Waals surface area contributed by atoms with Crippen LogP contribution < -0.4 is 10.1 Å². The third-order valence-electron chi connectivity index (χ3n) is 2.20. The fraction of sp³-hybridized carbons (Fsp3) is 0.0833. The Bertz CT molecular complexity index is 634. The smallest absolute Gasteiger partial charge is 0.387 e. The molecular formula is C12H7Cl2F2NO2S. The minimum Gasteiger partial charge on any atom is -0.433 e. The first-order valence-electron chi connectivity index (χ1n) is 5.27. The number of anilines is 1. The number of thiophene rings is 1. The van der Waals surface area contributed by atoms with Crippen molar-refractivity contribution >= 4 is 46.1 Å². The van der Waals surface area contributed by atoms with Gasteiger partial charge in [-0.25, -0.2) is 0 Å². The topological polar surface area (TPSA) is 38.3 Å². The van der Waals surface area contributed by atoms with E-state index in [1.54, 1.807) is 12.1 Å². The van der Waals surface area contributed by atoms with E-state index in [-0.39, 0.29) is 16.7 Å². The Labute approximate surface area is 127 Å². The second-order valence-electron chi connectivity index (χ2n) is 3.58. The van der Waals surface area contributed by atoms with Crippen LogP contribution in [0.4, 0.5) is 14.5 Å². The highest BCUT2D eigenvalue weighted by molar-refractivity contribution is 7.18. The molecule has 0 bridgehead atoms. The molecule has 1 aromatic heterocycles. The van der Waals surface area contributed by atoms with Crippen LogP contribution in [0.1, 0.15) is 9.67 Å². The predicted molar refractivity (Wildman–Crippen MR) is 75.4 cm³/mol. The molecule has 0 unspecified atom stereocenters. The zero-order chi connectivity index (χ0) is 14.7. The van der Waals surface area contributed by atoms with Crippen LogP contribution in [0.25, 0.3) is 0 Å². The maximum absolute atomic E-state index is 12.1. The summed E-state index contributed by atoms with van der Waals surface area (Å²) in [6.45, 7) is -2.96. The van der Waals surface area contributed by atoms with Gasteiger partial charge in [0.15, 0.2) is 0 Å². The van der Waals surface area contributed by atoms with Gasteiger partial charge in [-0.15, -0.1) is 11.3 Å². The van der Waals surface area contributed by atoms with Crippen LogP contribution in [0, 0.1) is 0 Å². The molecule has 2 aromatic rings. The van der Waals surface area contributed by atoms with E-state index in [0.29, 0.717) is 14.9 Å². The number of amides is 1. The predicted octanol–water partition coefficient (Wildman–Crippen LogP) is 4.91. The molecule has 0 fully saturated rings. The highest BCUT2D eigenvalue weighted by Crippen LogP contribution is 2.29. The highest BCUT2D eigenvalue weighted by atomic mass is 35.5. The number of ether oxygens (including phenoxy) is 1. The fourth-order valence-electron chi connectivity index (χ4n) is 1.40. The Morgan fingerprint density at radius 1 is 1.25 bits per heavy atom. The van der Waals surface area contributed by atoms with Crippen molar-refractivity contribution in [3.05, 3.63) is 44.6 Å². The van der Waals surface area contributed by atoms with Crippen molar-refractivity contribution in [3.63, 3.8) is 0 Å². The number of carbonyl (C=O) groups is 1. The van der Waals surface area contributed by atoms with Gasteiger partial charge >= 0.3 is 6.61 Å². The van der Waals surface area contributed by atoms with E-state index in [4.69, 9.17) is 23.2 Å². The standard InChI is InChI=1S/C12H7Cl2F2NO2S/c13-7-5-6(1-2-8(7)19-12(15)16)17-11(18)9-3-4-10(14)20-9/h1-5,12H,(H,17,18). The molecule has 0 aliphatic carbocycles. The van der Waals surface area contributed by atoms with Gasteiger partial charge in [0.2, 0.25) is 0 Å². The summed E-state index contributed by atoms with van der Waals surface area (Å²) in [4.78, 5) is 12.3. The van der Waals surface area contributed by atoms with Gasteiger partial charge in [0.25, 0.3) is 5.91 Å². The molecule has 0 saturated carbocycles. The number of hydrogen-bond donors (Lipinski definition) is 1. The maximum Gasteiger partial charge on any atom is 0.387 e. The van der Waals surface area contributed by atoms with Gasteiger partial charge in [-0.3, -0.25) is 4.79 Å². The molecule has 1 amide bonds. The Morgan fingerprint density at radius 2 is 2.00 bits per heavy atom. The lowest BCUT2D eigenvalue weighted by Gasteiger charge is -2.09. The molecule has 20 heavy (non-hydrogen) atoms. The number of carbonyl (C=O) groups excluding carboxylic acids is 1. The van der Waals surface area contributed by atoms with Gasteiger partial charge in [0.05, 0.1) is 14.2 Å². The molecule has 1 heterocycles. The van der Waals surface area contributed by atoms with Crippen LogP contribution in [0.15, 0.2) is 30.3 Å². The summed E-state index contributed by atoms with van der Waals surface area (Å²) in [6.07, 6.45) is 0. The van der Waals surface area contributed by atoms with E-state index in [9.17, 15) is 13.6 Å². The van der Waals surface area contributed by atoms with Crippen LogP contribution in [-0.4, -0.2) is 12.5 Å². The summed E-state index contributed by atoms with van der Waals surface area (Å²) >= 11 is 12.6. The van der Waals surface area contributed by atoms with E-state index in [2.05, 4.69) is 10.1 Å². The zero-order valence-corrected chi connectivity index (χ0v) is 12.0. The quantitative estimate of drug-likeness (QED) is 0.860. The van der Waals surface area contributed by atoms with Crippen LogP contribution >= 0.6 is 34.5 Å². The first-order chi connectivity index (χ1) is 9.45. The van der Waals surface area contributed by atoms with Gasteiger partial charge in [0.1, 0.15) is 5.75 Å². The number of rotatable bonds is 4. The monoisotopic (exact) mass is 337 g/mol. The third kappa shape index (κ3) is 3.82. The van der Waals surface area contributed by atoms with Crippen LogP contribution in [0.3, 0.4) is 0 Å². The average Bonchev–Trinajstić information content (AvgIpc) is 2.79. The molecular weight excluding hydrogens is 331 g/mol. The van der Waals surface area contributed by atoms with Crippen molar-refractivity contribution in [2.75, 3.05) is 5.32 Å². The lowest BCUT2D eigenvalue weighted by atomic mass is 10.3. The lowest BCUT2D eigenvalue weighted by Crippen LogP contribution is -2.10. The summed E-state index contributed by atoms with van der Waals surface area (Å²) < 4.78 is 28.8. The van der Waals surface area contributed by atoms with Crippen molar-refractivity contribution < 1.29 is 18.3 Å². The van der Waals surface area contributed by atoms with E-state index in [1.165, 1.54) is 18.2 Å². The number of alkyl halides is 2. The van der Waals surface area contributed by atoms with Crippen molar-refractivity contribution in [3.8, 4) is 5.75 Å². The minimum atomic E-state index is -2.96. The molecule has 8 heteroatoms. The second kappa shape index (κ2) is 6.39. The van der Waals surface area contributed by atoms with Gasteiger partial charge < -0.3 is 10.1 Å². The Hall–Kier alpha value is -1.37. The Kier molecular flexibility index (Phi) is 4.80. The number of nitrogens with one attached hydrogen (secondary N) is 1. The molecule has 2 rings (SSSR count). The molecule has 0 spiro atoms. The first kappa shape index (κ1) is 15.0. The second-order valence-corrected chi connectivity index (χ2v) is 5.70. The molecule has 106 valence electrons. The largest absolute Gasteiger partial charge is 0.433 e. The normalized spacial score (nSPS) is 10.7. The minimum absolute atomic E-state index is 0.0210. The van der Waals surface area contributed by atoms with E-state index in [1.807, 2.05) is 0 Å². The summed E-state index contributed by atoms with van der Waals surface area (Å²) in [6, 6.07) is 7.18. The molecule has 1 N–H and O–H groups in total. The SMILES string of the molecule is O=C(Nc1ccc(OC(F)F)c(Cl)c1)c1ccc(Cl)s1. The molecule has 0 atom stereocenters. The highest BCUT2D eigenvalue weighted by Gasteiger charge is 2.12. The average molecular weight is 338 g/mol. The summed E-state index contributed by atoms with van der Waals surface area (Å²) in [5, 5.41) is 2.56. The zero-order valence-electron chi connectivity index (χ0n) is 9.70. The third-order valence-corrected chi connectivity index (χ3v) is 3.73. The van der Waals surface area contributed by atoms with Crippen molar-refractivity contribution in [1.29, 1.82) is 0 Å². The van der Waals surface area contributed by atoms with Crippen LogP contribution in [0.2, 0.25) is 9.36 Å². The molecule has 0 aliphatic heterocycles. The van der Waals surface area contributed by atoms with Gasteiger partial charge in [-0.2, -0.15) is 8.78 Å². The fourth-order valence-corrected chi connectivity index (χ4v) is 2.56. The van der Waals surface area contributed by atoms with Crippen LogP contribution in [0.5, 0.6) is 5.75 Å². The lowest BCUT2D eigenvalue weighted by molar-refractivity contribution is -0.0497. The van der Waals surface area contributed by atoms with E-state index >= 15 is 0 Å². The number of halogens is 4.